The van der Waals surface area contributed by atoms with Crippen LogP contribution in [0.4, 0.5) is 10.5 Å². The zero-order chi connectivity index (χ0) is 28.1. The Morgan fingerprint density at radius 2 is 2.03 bits per heavy atom. The van der Waals surface area contributed by atoms with Crippen molar-refractivity contribution in [1.29, 1.82) is 0 Å². The van der Waals surface area contributed by atoms with Crippen LogP contribution < -0.4 is 4.90 Å². The van der Waals surface area contributed by atoms with Crippen molar-refractivity contribution in [2.24, 2.45) is 0 Å². The maximum atomic E-state index is 13.3. The van der Waals surface area contributed by atoms with E-state index in [0.29, 0.717) is 18.0 Å². The normalized spacial score (nSPS) is 21.3. The molecule has 10 heteroatoms. The van der Waals surface area contributed by atoms with Crippen LogP contribution in [0.2, 0.25) is 5.02 Å². The monoisotopic (exact) mass is 571 g/mol. The molecule has 0 saturated carbocycles. The smallest absolute Gasteiger partial charge is 0.411 e. The Balaban J connectivity index is 1.61. The fourth-order valence-corrected chi connectivity index (χ4v) is 7.09. The number of aliphatic hydroxyl groups excluding tert-OH is 1. The predicted octanol–water partition coefficient (Wildman–Crippen LogP) is 5.80. The minimum Gasteiger partial charge on any atom is -0.467 e. The number of anilines is 1. The van der Waals surface area contributed by atoms with Crippen molar-refractivity contribution in [2.75, 3.05) is 25.1 Å². The van der Waals surface area contributed by atoms with Crippen molar-refractivity contribution in [3.05, 3.63) is 45.9 Å². The van der Waals surface area contributed by atoms with Crippen molar-refractivity contribution in [2.45, 2.75) is 70.7 Å². The maximum Gasteiger partial charge on any atom is 0.411 e. The number of carbonyl (C=O) groups excluding carboxylic acids is 2. The van der Waals surface area contributed by atoms with Crippen LogP contribution >= 0.6 is 22.9 Å². The molecule has 208 valence electrons. The highest BCUT2D eigenvalue weighted by Gasteiger charge is 2.54. The second-order valence-corrected chi connectivity index (χ2v) is 13.0. The lowest BCUT2D eigenvalue weighted by Gasteiger charge is -2.38. The number of hydrogen-bond donors (Lipinski definition) is 1. The van der Waals surface area contributed by atoms with Crippen LogP contribution in [0.25, 0.3) is 21.3 Å². The van der Waals surface area contributed by atoms with E-state index in [2.05, 4.69) is 9.88 Å². The van der Waals surface area contributed by atoms with Crippen LogP contribution in [0, 0.1) is 0 Å². The summed E-state index contributed by atoms with van der Waals surface area (Å²) in [6, 6.07) is 7.74. The molecule has 0 unspecified atom stereocenters. The first-order chi connectivity index (χ1) is 18.4. The van der Waals surface area contributed by atoms with Crippen LogP contribution in [-0.2, 0) is 27.3 Å². The number of amides is 1. The molecule has 1 fully saturated rings. The van der Waals surface area contributed by atoms with Gasteiger partial charge >= 0.3 is 12.1 Å². The van der Waals surface area contributed by atoms with Crippen molar-refractivity contribution in [3.8, 4) is 11.1 Å². The van der Waals surface area contributed by atoms with E-state index in [4.69, 9.17) is 21.1 Å². The molecule has 39 heavy (non-hydrogen) atoms. The van der Waals surface area contributed by atoms with Gasteiger partial charge in [0.1, 0.15) is 11.1 Å². The van der Waals surface area contributed by atoms with E-state index < -0.39 is 23.2 Å². The van der Waals surface area contributed by atoms with Crippen LogP contribution in [0.1, 0.15) is 51.0 Å². The van der Waals surface area contributed by atoms with Gasteiger partial charge in [0.15, 0.2) is 0 Å². The number of halogens is 1. The van der Waals surface area contributed by atoms with Gasteiger partial charge < -0.3 is 19.5 Å². The number of rotatable bonds is 4. The number of aryl methyl sites for hydroxylation is 1. The summed E-state index contributed by atoms with van der Waals surface area (Å²) in [6.45, 7) is 8.24. The van der Waals surface area contributed by atoms with Gasteiger partial charge in [0.2, 0.25) is 0 Å². The molecule has 1 N–H and O–H groups in total. The average molecular weight is 572 g/mol. The summed E-state index contributed by atoms with van der Waals surface area (Å²) in [5.74, 6) is -0.463. The first-order valence-electron chi connectivity index (χ1n) is 13.1. The second-order valence-electron chi connectivity index (χ2n) is 11.4. The largest absolute Gasteiger partial charge is 0.467 e. The summed E-state index contributed by atoms with van der Waals surface area (Å²) < 4.78 is 11.9. The molecule has 2 aliphatic rings. The molecule has 1 saturated heterocycles. The Hall–Kier alpha value is -2.88. The third-order valence-electron chi connectivity index (χ3n) is 7.50. The van der Waals surface area contributed by atoms with Gasteiger partial charge in [0.25, 0.3) is 0 Å². The SMILES string of the molecule is COC(=O)[C@]1(C)C[C@@H](N2CCCc3cc(Cl)cc(-c4ccnc5cc(CO)sc45)c32)CN1C(=O)OC(C)(C)C. The fourth-order valence-electron chi connectivity index (χ4n) is 5.85. The number of thiophene rings is 1. The van der Waals surface area contributed by atoms with Gasteiger partial charge in [0, 0.05) is 58.5 Å². The second kappa shape index (κ2) is 10.3. The van der Waals surface area contributed by atoms with Gasteiger partial charge in [-0.3, -0.25) is 9.88 Å². The molecule has 8 nitrogen and oxygen atoms in total. The summed E-state index contributed by atoms with van der Waals surface area (Å²) >= 11 is 8.17. The topological polar surface area (TPSA) is 92.2 Å². The van der Waals surface area contributed by atoms with Crippen molar-refractivity contribution in [3.63, 3.8) is 0 Å². The van der Waals surface area contributed by atoms with Gasteiger partial charge in [-0.05, 0) is 70.4 Å². The minimum absolute atomic E-state index is 0.0467. The van der Waals surface area contributed by atoms with Gasteiger partial charge in [-0.1, -0.05) is 11.6 Å². The summed E-state index contributed by atoms with van der Waals surface area (Å²) in [5.41, 5.74) is 3.12. The number of methoxy groups -OCH3 is 1. The van der Waals surface area contributed by atoms with Crippen LogP contribution in [0.5, 0.6) is 0 Å². The predicted molar refractivity (Wildman–Crippen MR) is 153 cm³/mol. The van der Waals surface area contributed by atoms with Crippen molar-refractivity contribution < 1.29 is 24.2 Å². The van der Waals surface area contributed by atoms with Gasteiger partial charge in [-0.25, -0.2) is 9.59 Å². The first kappa shape index (κ1) is 27.7. The zero-order valence-electron chi connectivity index (χ0n) is 22.9. The molecule has 2 atom stereocenters. The number of aliphatic hydroxyl groups is 1. The summed E-state index contributed by atoms with van der Waals surface area (Å²) in [4.78, 5) is 35.6. The third-order valence-corrected chi connectivity index (χ3v) is 8.86. The number of pyridine rings is 1. The molecule has 2 aliphatic heterocycles. The first-order valence-corrected chi connectivity index (χ1v) is 14.3. The zero-order valence-corrected chi connectivity index (χ0v) is 24.5. The van der Waals surface area contributed by atoms with Crippen LogP contribution in [0.15, 0.2) is 30.5 Å². The molecule has 0 spiro atoms. The van der Waals surface area contributed by atoms with E-state index in [0.717, 1.165) is 56.9 Å². The number of hydrogen-bond acceptors (Lipinski definition) is 8. The lowest BCUT2D eigenvalue weighted by atomic mass is 9.91. The maximum absolute atomic E-state index is 13.3. The highest BCUT2D eigenvalue weighted by atomic mass is 35.5. The molecule has 4 heterocycles. The van der Waals surface area contributed by atoms with Gasteiger partial charge in [-0.2, -0.15) is 0 Å². The van der Waals surface area contributed by atoms with E-state index in [9.17, 15) is 14.7 Å². The molecular weight excluding hydrogens is 538 g/mol. The van der Waals surface area contributed by atoms with Crippen LogP contribution in [-0.4, -0.2) is 64.4 Å². The third kappa shape index (κ3) is 5.08. The number of likely N-dealkylation sites (tertiary alicyclic amines) is 1. The number of ether oxygens (including phenoxy) is 2. The molecule has 3 aromatic rings. The Labute approximate surface area is 237 Å². The van der Waals surface area contributed by atoms with E-state index in [1.54, 1.807) is 13.1 Å². The molecule has 1 aromatic carbocycles. The van der Waals surface area contributed by atoms with Crippen LogP contribution in [0.3, 0.4) is 0 Å². The summed E-state index contributed by atoms with van der Waals surface area (Å²) in [5, 5.41) is 10.4. The van der Waals surface area contributed by atoms with E-state index in [1.807, 2.05) is 45.0 Å². The molecular formula is C29H34ClN3O5S. The van der Waals surface area contributed by atoms with Crippen molar-refractivity contribution >= 4 is 50.9 Å². The summed E-state index contributed by atoms with van der Waals surface area (Å²) in [7, 11) is 1.35. The Morgan fingerprint density at radius 1 is 1.26 bits per heavy atom. The quantitative estimate of drug-likeness (QED) is 0.395. The molecule has 0 aliphatic carbocycles. The molecule has 0 bridgehead atoms. The highest BCUT2D eigenvalue weighted by Crippen LogP contribution is 2.46. The van der Waals surface area contributed by atoms with Gasteiger partial charge in [-0.15, -0.1) is 11.3 Å². The number of carbonyl (C=O) groups is 2. The van der Waals surface area contributed by atoms with Crippen molar-refractivity contribution in [1.82, 2.24) is 9.88 Å². The number of benzene rings is 1. The molecule has 2 aromatic heterocycles. The standard InChI is InChI=1S/C29H34ClN3O5S/c1-28(2,3)38-27(36)33-15-19(14-29(33,4)26(35)37-5)32-10-6-7-17-11-18(30)12-22(24(17)32)21-8-9-31-23-13-20(16-34)39-25(21)23/h8-9,11-13,19,34H,6-7,10,14-16H2,1-5H3/t19-,29+/m1/s1. The fraction of sp³-hybridized carbons (Fsp3) is 0.483. The number of esters is 1. The Morgan fingerprint density at radius 3 is 2.72 bits per heavy atom. The van der Waals surface area contributed by atoms with Gasteiger partial charge in [0.05, 0.1) is 23.9 Å². The molecule has 1 amide bonds. The number of fused-ring (bicyclic) bond motifs is 2. The Bertz CT molecular complexity index is 1430. The molecule has 5 rings (SSSR count). The number of aromatic nitrogens is 1. The van der Waals surface area contributed by atoms with E-state index >= 15 is 0 Å². The highest BCUT2D eigenvalue weighted by molar-refractivity contribution is 7.19. The summed E-state index contributed by atoms with van der Waals surface area (Å²) in [6.07, 6.45) is 3.44. The number of nitrogens with zero attached hydrogens (tertiary/aromatic N) is 3. The average Bonchev–Trinajstić information content (AvgIpc) is 3.48. The lowest BCUT2D eigenvalue weighted by molar-refractivity contribution is -0.152. The van der Waals surface area contributed by atoms with E-state index in [1.165, 1.54) is 23.3 Å². The molecule has 0 radical (unpaired) electrons. The Kier molecular flexibility index (Phi) is 7.28. The van der Waals surface area contributed by atoms with E-state index in [-0.39, 0.29) is 12.6 Å². The lowest BCUT2D eigenvalue weighted by Crippen LogP contribution is -2.52. The minimum atomic E-state index is -1.17.